The van der Waals surface area contributed by atoms with Gasteiger partial charge in [-0.05, 0) is 31.5 Å². The van der Waals surface area contributed by atoms with Gasteiger partial charge in [-0.15, -0.1) is 11.3 Å². The lowest BCUT2D eigenvalue weighted by Gasteiger charge is -2.21. The van der Waals surface area contributed by atoms with Crippen LogP contribution in [-0.4, -0.2) is 17.8 Å². The summed E-state index contributed by atoms with van der Waals surface area (Å²) in [4.78, 5) is 17.8. The van der Waals surface area contributed by atoms with Gasteiger partial charge in [0.05, 0.1) is 17.7 Å². The molecule has 0 aliphatic carbocycles. The number of hydrogen-bond acceptors (Lipinski definition) is 4. The Morgan fingerprint density at radius 2 is 2.21 bits per heavy atom. The third kappa shape index (κ3) is 2.98. The second-order valence-corrected chi connectivity index (χ2v) is 5.23. The van der Waals surface area contributed by atoms with Crippen molar-refractivity contribution in [3.63, 3.8) is 0 Å². The van der Waals surface area contributed by atoms with Crippen molar-refractivity contribution in [1.29, 1.82) is 0 Å². The van der Waals surface area contributed by atoms with Crippen LogP contribution in [-0.2, 0) is 6.54 Å². The van der Waals surface area contributed by atoms with Gasteiger partial charge in [0.25, 0.3) is 0 Å². The predicted molar refractivity (Wildman–Crippen MR) is 75.4 cm³/mol. The number of aromatic nitrogens is 1. The monoisotopic (exact) mass is 278 g/mol. The van der Waals surface area contributed by atoms with Gasteiger partial charge in [-0.3, -0.25) is 4.79 Å². The Bertz CT molecular complexity index is 596. The average Bonchev–Trinajstić information content (AvgIpc) is 2.84. The minimum Gasteiger partial charge on any atom is -0.368 e. The van der Waals surface area contributed by atoms with E-state index in [1.54, 1.807) is 18.5 Å². The number of aryl methyl sites for hydroxylation is 1. The third-order valence-electron chi connectivity index (χ3n) is 2.95. The molecule has 0 saturated heterocycles. The van der Waals surface area contributed by atoms with Crippen molar-refractivity contribution in [2.45, 2.75) is 20.4 Å². The largest absolute Gasteiger partial charge is 0.368 e. The van der Waals surface area contributed by atoms with E-state index in [1.165, 1.54) is 24.3 Å². The Morgan fingerprint density at radius 3 is 2.79 bits per heavy atom. The van der Waals surface area contributed by atoms with Gasteiger partial charge in [0.1, 0.15) is 5.82 Å². The molecule has 0 aliphatic rings. The van der Waals surface area contributed by atoms with Crippen molar-refractivity contribution in [3.05, 3.63) is 45.7 Å². The Morgan fingerprint density at radius 1 is 1.47 bits per heavy atom. The zero-order chi connectivity index (χ0) is 14.0. The molecule has 1 heterocycles. The van der Waals surface area contributed by atoms with E-state index in [9.17, 15) is 9.18 Å². The minimum absolute atomic E-state index is 0.140. The van der Waals surface area contributed by atoms with Gasteiger partial charge in [0, 0.05) is 23.7 Å². The number of Topliss-reactive ketones (excluding diaryl/α,β-unsaturated/α-hetero) is 1. The molecule has 0 radical (unpaired) electrons. The molecule has 0 fully saturated rings. The van der Waals surface area contributed by atoms with Crippen molar-refractivity contribution in [3.8, 4) is 0 Å². The minimum atomic E-state index is -0.351. The van der Waals surface area contributed by atoms with Crippen LogP contribution in [0.2, 0.25) is 0 Å². The molecular weight excluding hydrogens is 263 g/mol. The molecule has 3 nitrogen and oxygen atoms in total. The van der Waals surface area contributed by atoms with Crippen molar-refractivity contribution in [1.82, 2.24) is 4.98 Å². The molecule has 100 valence electrons. The molecule has 0 N–H and O–H groups in total. The number of carbonyl (C=O) groups excluding carboxylic acids is 1. The van der Waals surface area contributed by atoms with Crippen molar-refractivity contribution < 1.29 is 9.18 Å². The molecule has 0 spiro atoms. The predicted octanol–water partition coefficient (Wildman–Crippen LogP) is 3.43. The van der Waals surface area contributed by atoms with Crippen LogP contribution in [0.5, 0.6) is 0 Å². The number of rotatable bonds is 4. The summed E-state index contributed by atoms with van der Waals surface area (Å²) in [6.45, 7) is 3.73. The molecule has 2 rings (SSSR count). The quantitative estimate of drug-likeness (QED) is 0.803. The number of ketones is 1. The van der Waals surface area contributed by atoms with Crippen LogP contribution in [0.15, 0.2) is 23.0 Å². The zero-order valence-corrected chi connectivity index (χ0v) is 11.9. The molecule has 0 saturated carbocycles. The Labute approximate surface area is 115 Å². The summed E-state index contributed by atoms with van der Waals surface area (Å²) in [6.07, 6.45) is 0. The highest BCUT2D eigenvalue weighted by Crippen LogP contribution is 2.25. The standard InChI is InChI=1S/C14H15FN2OS/c1-9-4-14(12(10(2)18)5-13(9)15)17(3)6-11-7-19-8-16-11/h4-5,7-8H,6H2,1-3H3. The number of benzene rings is 1. The van der Waals surface area contributed by atoms with Crippen LogP contribution in [0, 0.1) is 12.7 Å². The highest BCUT2D eigenvalue weighted by molar-refractivity contribution is 7.07. The molecule has 0 aliphatic heterocycles. The maximum Gasteiger partial charge on any atom is 0.161 e. The number of halogens is 1. The highest BCUT2D eigenvalue weighted by atomic mass is 32.1. The Balaban J connectivity index is 2.37. The second-order valence-electron chi connectivity index (χ2n) is 4.51. The van der Waals surface area contributed by atoms with Gasteiger partial charge >= 0.3 is 0 Å². The van der Waals surface area contributed by atoms with Crippen molar-refractivity contribution in [2.75, 3.05) is 11.9 Å². The van der Waals surface area contributed by atoms with Gasteiger partial charge in [0.2, 0.25) is 0 Å². The van der Waals surface area contributed by atoms with Crippen LogP contribution in [0.3, 0.4) is 0 Å². The number of thiazole rings is 1. The molecule has 0 atom stereocenters. The summed E-state index contributed by atoms with van der Waals surface area (Å²) in [7, 11) is 1.87. The number of anilines is 1. The fraction of sp³-hybridized carbons (Fsp3) is 0.286. The molecule has 0 unspecified atom stereocenters. The smallest absolute Gasteiger partial charge is 0.161 e. The van der Waals surface area contributed by atoms with E-state index in [0.29, 0.717) is 17.7 Å². The molecule has 0 amide bonds. The average molecular weight is 278 g/mol. The SMILES string of the molecule is CC(=O)c1cc(F)c(C)cc1N(C)Cc1cscn1. The van der Waals surface area contributed by atoms with Crippen LogP contribution in [0.1, 0.15) is 28.5 Å². The summed E-state index contributed by atoms with van der Waals surface area (Å²) < 4.78 is 13.6. The van der Waals surface area contributed by atoms with Gasteiger partial charge in [0.15, 0.2) is 5.78 Å². The second kappa shape index (κ2) is 5.48. The van der Waals surface area contributed by atoms with E-state index >= 15 is 0 Å². The molecule has 1 aromatic carbocycles. The lowest BCUT2D eigenvalue weighted by Crippen LogP contribution is -2.19. The van der Waals surface area contributed by atoms with E-state index < -0.39 is 0 Å². The van der Waals surface area contributed by atoms with Crippen LogP contribution >= 0.6 is 11.3 Å². The molecule has 19 heavy (non-hydrogen) atoms. The van der Waals surface area contributed by atoms with Gasteiger partial charge in [-0.25, -0.2) is 9.37 Å². The van der Waals surface area contributed by atoms with E-state index in [0.717, 1.165) is 11.4 Å². The fourth-order valence-corrected chi connectivity index (χ4v) is 2.46. The molecule has 1 aromatic heterocycles. The fourth-order valence-electron chi connectivity index (χ4n) is 1.91. The molecule has 5 heteroatoms. The summed E-state index contributed by atoms with van der Waals surface area (Å²) in [6, 6.07) is 3.02. The summed E-state index contributed by atoms with van der Waals surface area (Å²) in [5.41, 5.74) is 4.37. The van der Waals surface area contributed by atoms with E-state index in [2.05, 4.69) is 4.98 Å². The lowest BCUT2D eigenvalue weighted by molar-refractivity contribution is 0.101. The van der Waals surface area contributed by atoms with Gasteiger partial charge < -0.3 is 4.90 Å². The zero-order valence-electron chi connectivity index (χ0n) is 11.1. The van der Waals surface area contributed by atoms with Crippen molar-refractivity contribution in [2.24, 2.45) is 0 Å². The van der Waals surface area contributed by atoms with Crippen LogP contribution in [0.25, 0.3) is 0 Å². The van der Waals surface area contributed by atoms with Crippen LogP contribution < -0.4 is 4.90 Å². The van der Waals surface area contributed by atoms with Gasteiger partial charge in [-0.1, -0.05) is 0 Å². The third-order valence-corrected chi connectivity index (χ3v) is 3.59. The van der Waals surface area contributed by atoms with Gasteiger partial charge in [-0.2, -0.15) is 0 Å². The summed E-state index contributed by atoms with van der Waals surface area (Å²) in [5, 5.41) is 1.96. The van der Waals surface area contributed by atoms with E-state index in [1.807, 2.05) is 17.3 Å². The van der Waals surface area contributed by atoms with Crippen LogP contribution in [0.4, 0.5) is 10.1 Å². The van der Waals surface area contributed by atoms with E-state index in [-0.39, 0.29) is 11.6 Å². The number of carbonyl (C=O) groups is 1. The maximum absolute atomic E-state index is 13.6. The lowest BCUT2D eigenvalue weighted by atomic mass is 10.0. The normalized spacial score (nSPS) is 10.5. The number of hydrogen-bond donors (Lipinski definition) is 0. The first-order chi connectivity index (χ1) is 8.99. The molecule has 0 bridgehead atoms. The first-order valence-electron chi connectivity index (χ1n) is 5.88. The topological polar surface area (TPSA) is 33.2 Å². The van der Waals surface area contributed by atoms with E-state index in [4.69, 9.17) is 0 Å². The number of nitrogens with zero attached hydrogens (tertiary/aromatic N) is 2. The maximum atomic E-state index is 13.6. The summed E-state index contributed by atoms with van der Waals surface area (Å²) in [5.74, 6) is -0.491. The Hall–Kier alpha value is -1.75. The first kappa shape index (κ1) is 13.7. The first-order valence-corrected chi connectivity index (χ1v) is 6.82. The van der Waals surface area contributed by atoms with Crippen molar-refractivity contribution >= 4 is 22.8 Å². The Kier molecular flexibility index (Phi) is 3.95. The molecular formula is C14H15FN2OS. The summed E-state index contributed by atoms with van der Waals surface area (Å²) >= 11 is 1.53. The molecule has 2 aromatic rings. The highest BCUT2D eigenvalue weighted by Gasteiger charge is 2.15.